The molecule has 7 heteroatoms. The van der Waals surface area contributed by atoms with E-state index < -0.39 is 5.60 Å². The van der Waals surface area contributed by atoms with Crippen LogP contribution in [0, 0.1) is 0 Å². The lowest BCUT2D eigenvalue weighted by molar-refractivity contribution is -0.0373. The Morgan fingerprint density at radius 1 is 1.15 bits per heavy atom. The van der Waals surface area contributed by atoms with Gasteiger partial charge in [-0.05, 0) is 24.9 Å². The van der Waals surface area contributed by atoms with Crippen LogP contribution < -0.4 is 0 Å². The van der Waals surface area contributed by atoms with Crippen molar-refractivity contribution in [1.29, 1.82) is 0 Å². The molecular weight excluding hydrogens is 332 g/mol. The van der Waals surface area contributed by atoms with E-state index in [9.17, 15) is 5.11 Å². The van der Waals surface area contributed by atoms with Crippen LogP contribution in [0.2, 0.25) is 0 Å². The van der Waals surface area contributed by atoms with Crippen molar-refractivity contribution in [2.45, 2.75) is 37.8 Å². The zero-order valence-corrected chi connectivity index (χ0v) is 14.5. The zero-order chi connectivity index (χ0) is 17.8. The third-order valence-corrected chi connectivity index (χ3v) is 4.70. The quantitative estimate of drug-likeness (QED) is 0.726. The Balaban J connectivity index is 1.38. The van der Waals surface area contributed by atoms with Gasteiger partial charge in [0, 0.05) is 19.2 Å². The highest BCUT2D eigenvalue weighted by atomic mass is 16.5. The van der Waals surface area contributed by atoms with E-state index in [0.717, 1.165) is 25.9 Å². The van der Waals surface area contributed by atoms with Gasteiger partial charge in [-0.2, -0.15) is 4.98 Å². The van der Waals surface area contributed by atoms with Gasteiger partial charge in [-0.15, -0.1) is 0 Å². The predicted molar refractivity (Wildman–Crippen MR) is 93.2 cm³/mol. The van der Waals surface area contributed by atoms with E-state index >= 15 is 0 Å². The molecule has 0 bridgehead atoms. The van der Waals surface area contributed by atoms with Crippen LogP contribution in [0.5, 0.6) is 0 Å². The number of hydrogen-bond acceptors (Lipinski definition) is 7. The van der Waals surface area contributed by atoms with Gasteiger partial charge >= 0.3 is 0 Å². The number of benzene rings is 1. The molecule has 26 heavy (non-hydrogen) atoms. The molecule has 1 aliphatic heterocycles. The maximum Gasteiger partial charge on any atom is 0.229 e. The first-order chi connectivity index (χ1) is 12.7. The molecule has 2 aromatic heterocycles. The Labute approximate surface area is 151 Å². The second kappa shape index (κ2) is 7.39. The standard InChI is InChI=1S/C19H22N4O3/c24-19(8-4-10-23(14-19)13-15-5-2-1-3-6-15)12-18-21-17(22-26-18)11-16-7-9-20-25-16/h1-3,5-7,9,24H,4,8,10-14H2. The third-order valence-electron chi connectivity index (χ3n) is 4.70. The molecule has 7 nitrogen and oxygen atoms in total. The zero-order valence-electron chi connectivity index (χ0n) is 14.5. The minimum absolute atomic E-state index is 0.363. The monoisotopic (exact) mass is 354 g/mol. The SMILES string of the molecule is OC1(Cc2nc(Cc3ccno3)no2)CCCN(Cc2ccccc2)C1. The summed E-state index contributed by atoms with van der Waals surface area (Å²) in [5.41, 5.74) is 0.409. The Bertz CT molecular complexity index is 818. The Morgan fingerprint density at radius 2 is 2.04 bits per heavy atom. The van der Waals surface area contributed by atoms with E-state index in [-0.39, 0.29) is 0 Å². The van der Waals surface area contributed by atoms with Crippen LogP contribution in [0.25, 0.3) is 0 Å². The maximum absolute atomic E-state index is 11.0. The maximum atomic E-state index is 11.0. The van der Waals surface area contributed by atoms with Gasteiger partial charge in [0.15, 0.2) is 5.82 Å². The summed E-state index contributed by atoms with van der Waals surface area (Å²) in [6, 6.07) is 12.1. The van der Waals surface area contributed by atoms with Gasteiger partial charge in [0.25, 0.3) is 0 Å². The van der Waals surface area contributed by atoms with Crippen molar-refractivity contribution >= 4 is 0 Å². The van der Waals surface area contributed by atoms with Crippen molar-refractivity contribution in [1.82, 2.24) is 20.2 Å². The van der Waals surface area contributed by atoms with Crippen LogP contribution in [0.4, 0.5) is 0 Å². The molecule has 1 aliphatic rings. The summed E-state index contributed by atoms with van der Waals surface area (Å²) in [5, 5.41) is 18.7. The average molecular weight is 354 g/mol. The van der Waals surface area contributed by atoms with Gasteiger partial charge in [0.2, 0.25) is 5.89 Å². The number of aliphatic hydroxyl groups is 1. The van der Waals surface area contributed by atoms with Crippen molar-refractivity contribution in [3.63, 3.8) is 0 Å². The van der Waals surface area contributed by atoms with Crippen LogP contribution >= 0.6 is 0 Å². The van der Waals surface area contributed by atoms with Gasteiger partial charge in [0.1, 0.15) is 5.76 Å². The fraction of sp³-hybridized carbons (Fsp3) is 0.421. The molecule has 4 rings (SSSR count). The number of nitrogens with zero attached hydrogens (tertiary/aromatic N) is 4. The molecule has 3 aromatic rings. The summed E-state index contributed by atoms with van der Waals surface area (Å²) >= 11 is 0. The lowest BCUT2D eigenvalue weighted by atomic mass is 9.89. The van der Waals surface area contributed by atoms with Crippen molar-refractivity contribution in [3.05, 3.63) is 65.6 Å². The van der Waals surface area contributed by atoms with E-state index in [1.165, 1.54) is 5.56 Å². The number of hydrogen-bond donors (Lipinski definition) is 1. The second-order valence-electron chi connectivity index (χ2n) is 6.96. The van der Waals surface area contributed by atoms with E-state index in [1.807, 2.05) is 18.2 Å². The van der Waals surface area contributed by atoms with Crippen molar-refractivity contribution in [3.8, 4) is 0 Å². The average Bonchev–Trinajstić information content (AvgIpc) is 3.28. The van der Waals surface area contributed by atoms with Gasteiger partial charge in [-0.25, -0.2) is 0 Å². The number of aromatic nitrogens is 3. The number of β-amino-alcohol motifs (C(OH)–C–C–N with tert-alkyl or cyclic N) is 1. The molecule has 0 radical (unpaired) electrons. The van der Waals surface area contributed by atoms with Gasteiger partial charge in [-0.1, -0.05) is 40.6 Å². The first-order valence-corrected chi connectivity index (χ1v) is 8.88. The van der Waals surface area contributed by atoms with Crippen LogP contribution in [-0.4, -0.2) is 44.0 Å². The molecule has 1 saturated heterocycles. The van der Waals surface area contributed by atoms with Crippen LogP contribution in [0.15, 0.2) is 51.6 Å². The van der Waals surface area contributed by atoms with Gasteiger partial charge in [0.05, 0.1) is 24.6 Å². The molecule has 0 aliphatic carbocycles. The van der Waals surface area contributed by atoms with E-state index in [4.69, 9.17) is 9.05 Å². The molecule has 1 fully saturated rings. The third kappa shape index (κ3) is 4.17. The van der Waals surface area contributed by atoms with E-state index in [0.29, 0.717) is 36.9 Å². The first-order valence-electron chi connectivity index (χ1n) is 8.88. The molecule has 1 atom stereocenters. The fourth-order valence-electron chi connectivity index (χ4n) is 3.53. The normalized spacial score (nSPS) is 21.1. The topological polar surface area (TPSA) is 88.4 Å². The molecule has 1 unspecified atom stereocenters. The summed E-state index contributed by atoms with van der Waals surface area (Å²) in [6.07, 6.45) is 4.06. The summed E-state index contributed by atoms with van der Waals surface area (Å²) in [4.78, 5) is 6.67. The van der Waals surface area contributed by atoms with Gasteiger partial charge in [-0.3, -0.25) is 4.90 Å². The van der Waals surface area contributed by atoms with Crippen molar-refractivity contribution in [2.75, 3.05) is 13.1 Å². The number of likely N-dealkylation sites (tertiary alicyclic amines) is 1. The lowest BCUT2D eigenvalue weighted by Crippen LogP contribution is -2.49. The smallest absolute Gasteiger partial charge is 0.229 e. The predicted octanol–water partition coefficient (Wildman–Crippen LogP) is 2.22. The molecule has 136 valence electrons. The minimum atomic E-state index is -0.844. The van der Waals surface area contributed by atoms with Gasteiger partial charge < -0.3 is 14.2 Å². The highest BCUT2D eigenvalue weighted by Crippen LogP contribution is 2.26. The van der Waals surface area contributed by atoms with Crippen LogP contribution in [0.3, 0.4) is 0 Å². The van der Waals surface area contributed by atoms with E-state index in [2.05, 4.69) is 32.3 Å². The molecule has 1 N–H and O–H groups in total. The largest absolute Gasteiger partial charge is 0.388 e. The molecule has 3 heterocycles. The van der Waals surface area contributed by atoms with Crippen molar-refractivity contribution in [2.24, 2.45) is 0 Å². The summed E-state index contributed by atoms with van der Waals surface area (Å²) < 4.78 is 10.4. The number of rotatable bonds is 6. The summed E-state index contributed by atoms with van der Waals surface area (Å²) in [5.74, 6) is 1.68. The Hall–Kier alpha value is -2.51. The molecule has 0 spiro atoms. The first kappa shape index (κ1) is 16.9. The van der Waals surface area contributed by atoms with Crippen molar-refractivity contribution < 1.29 is 14.2 Å². The summed E-state index contributed by atoms with van der Waals surface area (Å²) in [7, 11) is 0. The molecule has 1 aromatic carbocycles. The van der Waals surface area contributed by atoms with Crippen LogP contribution in [0.1, 0.15) is 35.9 Å². The lowest BCUT2D eigenvalue weighted by Gasteiger charge is -2.38. The van der Waals surface area contributed by atoms with Crippen LogP contribution in [-0.2, 0) is 19.4 Å². The Morgan fingerprint density at radius 3 is 2.85 bits per heavy atom. The molecular formula is C19H22N4O3. The number of piperidine rings is 1. The highest BCUT2D eigenvalue weighted by Gasteiger charge is 2.35. The summed E-state index contributed by atoms with van der Waals surface area (Å²) in [6.45, 7) is 2.42. The second-order valence-corrected chi connectivity index (χ2v) is 6.96. The van der Waals surface area contributed by atoms with E-state index in [1.54, 1.807) is 12.3 Å². The minimum Gasteiger partial charge on any atom is -0.388 e. The molecule has 0 amide bonds. The Kier molecular flexibility index (Phi) is 4.81. The fourth-order valence-corrected chi connectivity index (χ4v) is 3.53. The highest BCUT2D eigenvalue weighted by molar-refractivity contribution is 5.15. The molecule has 0 saturated carbocycles.